The summed E-state index contributed by atoms with van der Waals surface area (Å²) >= 11 is 0. The molecule has 2 fully saturated rings. The van der Waals surface area contributed by atoms with Crippen LogP contribution in [0.3, 0.4) is 0 Å². The molecular formula is C20H24N6O2. The summed E-state index contributed by atoms with van der Waals surface area (Å²) in [6.07, 6.45) is 3.28. The van der Waals surface area contributed by atoms with E-state index in [2.05, 4.69) is 15.1 Å². The Morgan fingerprint density at radius 1 is 1.14 bits per heavy atom. The van der Waals surface area contributed by atoms with Crippen LogP contribution >= 0.6 is 0 Å². The van der Waals surface area contributed by atoms with Gasteiger partial charge < -0.3 is 14.5 Å². The second-order valence-electron chi connectivity index (χ2n) is 7.58. The monoisotopic (exact) mass is 380 g/mol. The average Bonchev–Trinajstić information content (AvgIpc) is 3.11. The summed E-state index contributed by atoms with van der Waals surface area (Å²) in [5.74, 6) is 2.13. The van der Waals surface area contributed by atoms with E-state index < -0.39 is 0 Å². The predicted octanol–water partition coefficient (Wildman–Crippen LogP) is 1.87. The average molecular weight is 380 g/mol. The van der Waals surface area contributed by atoms with Gasteiger partial charge >= 0.3 is 0 Å². The van der Waals surface area contributed by atoms with Crippen LogP contribution < -0.4 is 4.90 Å². The highest BCUT2D eigenvalue weighted by Gasteiger charge is 2.32. The molecule has 5 rings (SSSR count). The minimum atomic E-state index is 0.253. The first-order valence-electron chi connectivity index (χ1n) is 9.91. The molecule has 1 aromatic carbocycles. The number of carbonyl (C=O) groups excluding carboxylic acids is 1. The fraction of sp³-hybridized carbons (Fsp3) is 0.500. The fourth-order valence-corrected chi connectivity index (χ4v) is 4.09. The quantitative estimate of drug-likeness (QED) is 0.688. The first-order valence-corrected chi connectivity index (χ1v) is 9.91. The second kappa shape index (κ2) is 7.01. The van der Waals surface area contributed by atoms with Gasteiger partial charge in [-0.25, -0.2) is 9.38 Å². The third kappa shape index (κ3) is 2.79. The number of amides is 1. The molecule has 1 saturated carbocycles. The van der Waals surface area contributed by atoms with E-state index in [4.69, 9.17) is 9.72 Å². The van der Waals surface area contributed by atoms with Crippen molar-refractivity contribution in [2.24, 2.45) is 5.92 Å². The van der Waals surface area contributed by atoms with E-state index in [1.807, 2.05) is 33.6 Å². The van der Waals surface area contributed by atoms with Gasteiger partial charge in [0, 0.05) is 44.6 Å². The Morgan fingerprint density at radius 2 is 1.93 bits per heavy atom. The lowest BCUT2D eigenvalue weighted by Gasteiger charge is -2.38. The zero-order chi connectivity index (χ0) is 19.1. The molecule has 0 N–H and O–H groups in total. The molecule has 8 nitrogen and oxygen atoms in total. The highest BCUT2D eigenvalue weighted by Crippen LogP contribution is 2.29. The van der Waals surface area contributed by atoms with Gasteiger partial charge in [-0.2, -0.15) is 0 Å². The van der Waals surface area contributed by atoms with Gasteiger partial charge in [-0.3, -0.25) is 4.79 Å². The van der Waals surface area contributed by atoms with Crippen molar-refractivity contribution in [3.63, 3.8) is 0 Å². The Balaban J connectivity index is 1.49. The number of rotatable bonds is 4. The predicted molar refractivity (Wildman–Crippen MR) is 105 cm³/mol. The van der Waals surface area contributed by atoms with Crippen LogP contribution in [0.1, 0.15) is 25.1 Å². The Kier molecular flexibility index (Phi) is 4.35. The molecule has 3 aromatic rings. The minimum Gasteiger partial charge on any atom is -0.377 e. The van der Waals surface area contributed by atoms with E-state index in [9.17, 15) is 4.79 Å². The van der Waals surface area contributed by atoms with Gasteiger partial charge in [-0.05, 0) is 25.0 Å². The maximum absolute atomic E-state index is 12.6. The number of anilines is 1. The molecule has 1 aliphatic carbocycles. The fourth-order valence-electron chi connectivity index (χ4n) is 4.09. The van der Waals surface area contributed by atoms with Crippen molar-refractivity contribution in [2.45, 2.75) is 25.9 Å². The summed E-state index contributed by atoms with van der Waals surface area (Å²) in [5.41, 5.74) is 1.69. The van der Waals surface area contributed by atoms with Crippen LogP contribution in [0.4, 0.5) is 5.95 Å². The smallest absolute Gasteiger partial charge is 0.225 e. The molecule has 0 spiro atoms. The zero-order valence-corrected chi connectivity index (χ0v) is 16.0. The number of aromatic nitrogens is 4. The number of para-hydroxylation sites is 1. The molecule has 8 heteroatoms. The molecule has 0 unspecified atom stereocenters. The van der Waals surface area contributed by atoms with Crippen molar-refractivity contribution >= 4 is 28.4 Å². The first-order chi connectivity index (χ1) is 13.8. The van der Waals surface area contributed by atoms with Crippen molar-refractivity contribution in [2.75, 3.05) is 38.2 Å². The first kappa shape index (κ1) is 17.4. The van der Waals surface area contributed by atoms with E-state index in [0.29, 0.717) is 12.5 Å². The summed E-state index contributed by atoms with van der Waals surface area (Å²) in [7, 11) is 1.65. The van der Waals surface area contributed by atoms with E-state index in [-0.39, 0.29) is 5.92 Å². The van der Waals surface area contributed by atoms with Gasteiger partial charge in [0.1, 0.15) is 6.61 Å². The lowest BCUT2D eigenvalue weighted by Crippen LogP contribution is -2.51. The number of nitrogens with zero attached hydrogens (tertiary/aromatic N) is 6. The standard InChI is InChI=1S/C20H24N6O2/c1-28-13-17-22-23-18-15-7-2-3-8-16(15)21-20(26(17)18)25-11-9-24(10-12-25)19(27)14-5-4-6-14/h2-3,7-8,14H,4-6,9-13H2,1H3. The third-order valence-corrected chi connectivity index (χ3v) is 5.90. The summed E-state index contributed by atoms with van der Waals surface area (Å²) in [5, 5.41) is 9.71. The maximum atomic E-state index is 12.6. The number of carbonyl (C=O) groups is 1. The van der Waals surface area contributed by atoms with Crippen molar-refractivity contribution in [1.29, 1.82) is 0 Å². The van der Waals surface area contributed by atoms with Crippen molar-refractivity contribution < 1.29 is 9.53 Å². The molecule has 2 aromatic heterocycles. The summed E-state index contributed by atoms with van der Waals surface area (Å²) < 4.78 is 7.32. The van der Waals surface area contributed by atoms with E-state index in [1.54, 1.807) is 7.11 Å². The topological polar surface area (TPSA) is 75.9 Å². The van der Waals surface area contributed by atoms with Gasteiger partial charge in [0.2, 0.25) is 11.9 Å². The van der Waals surface area contributed by atoms with Gasteiger partial charge in [-0.15, -0.1) is 10.2 Å². The normalized spacial score (nSPS) is 18.0. The Morgan fingerprint density at radius 3 is 2.64 bits per heavy atom. The number of hydrogen-bond acceptors (Lipinski definition) is 6. The van der Waals surface area contributed by atoms with Crippen LogP contribution in [0.2, 0.25) is 0 Å². The molecule has 0 bridgehead atoms. The van der Waals surface area contributed by atoms with Crippen LogP contribution in [-0.4, -0.2) is 63.7 Å². The van der Waals surface area contributed by atoms with Gasteiger partial charge in [0.15, 0.2) is 11.5 Å². The minimum absolute atomic E-state index is 0.253. The van der Waals surface area contributed by atoms with Crippen LogP contribution in [0.25, 0.3) is 16.6 Å². The van der Waals surface area contributed by atoms with Gasteiger partial charge in [0.05, 0.1) is 5.52 Å². The van der Waals surface area contributed by atoms with Crippen molar-refractivity contribution in [1.82, 2.24) is 24.5 Å². The molecular weight excluding hydrogens is 356 g/mol. The number of fused-ring (bicyclic) bond motifs is 3. The van der Waals surface area contributed by atoms with E-state index >= 15 is 0 Å². The Hall–Kier alpha value is -2.74. The number of methoxy groups -OCH3 is 1. The van der Waals surface area contributed by atoms with Crippen molar-refractivity contribution in [3.8, 4) is 0 Å². The summed E-state index contributed by atoms with van der Waals surface area (Å²) in [6.45, 7) is 3.33. The summed E-state index contributed by atoms with van der Waals surface area (Å²) in [6, 6.07) is 7.98. The largest absolute Gasteiger partial charge is 0.377 e. The molecule has 0 atom stereocenters. The Labute approximate surface area is 163 Å². The molecule has 0 radical (unpaired) electrons. The Bertz CT molecular complexity index is 1020. The highest BCUT2D eigenvalue weighted by molar-refractivity contribution is 5.92. The lowest BCUT2D eigenvalue weighted by molar-refractivity contribution is -0.138. The SMILES string of the molecule is COCc1nnc2c3ccccc3nc(N3CCN(C(=O)C4CCC4)CC3)n12. The molecule has 1 aliphatic heterocycles. The van der Waals surface area contributed by atoms with Crippen LogP contribution in [0.5, 0.6) is 0 Å². The zero-order valence-electron chi connectivity index (χ0n) is 16.0. The molecule has 1 saturated heterocycles. The lowest BCUT2D eigenvalue weighted by atomic mass is 9.84. The molecule has 146 valence electrons. The maximum Gasteiger partial charge on any atom is 0.225 e. The number of hydrogen-bond donors (Lipinski definition) is 0. The molecule has 2 aliphatic rings. The number of ether oxygens (including phenoxy) is 1. The number of piperazine rings is 1. The molecule has 1 amide bonds. The van der Waals surface area contributed by atoms with Crippen LogP contribution in [0.15, 0.2) is 24.3 Å². The summed E-state index contributed by atoms with van der Waals surface area (Å²) in [4.78, 5) is 21.7. The van der Waals surface area contributed by atoms with Crippen LogP contribution in [0, 0.1) is 5.92 Å². The highest BCUT2D eigenvalue weighted by atomic mass is 16.5. The van der Waals surface area contributed by atoms with Crippen molar-refractivity contribution in [3.05, 3.63) is 30.1 Å². The van der Waals surface area contributed by atoms with E-state index in [1.165, 1.54) is 6.42 Å². The van der Waals surface area contributed by atoms with Gasteiger partial charge in [0.25, 0.3) is 0 Å². The third-order valence-electron chi connectivity index (χ3n) is 5.90. The molecule has 28 heavy (non-hydrogen) atoms. The van der Waals surface area contributed by atoms with E-state index in [0.717, 1.165) is 67.3 Å². The second-order valence-corrected chi connectivity index (χ2v) is 7.58. The van der Waals surface area contributed by atoms with Crippen LogP contribution in [-0.2, 0) is 16.1 Å². The van der Waals surface area contributed by atoms with Gasteiger partial charge in [-0.1, -0.05) is 18.6 Å². The number of benzene rings is 1. The molecule has 3 heterocycles.